The first-order valence-electron chi connectivity index (χ1n) is 7.10. The average molecular weight is 369 g/mol. The van der Waals surface area contributed by atoms with E-state index < -0.39 is 15.8 Å². The topological polar surface area (TPSA) is 63.4 Å². The average Bonchev–Trinajstić information content (AvgIpc) is 2.88. The molecular formula is C14H19Cl2FN2O2S. The summed E-state index contributed by atoms with van der Waals surface area (Å²) in [6.45, 7) is 0.856. The summed E-state index contributed by atoms with van der Waals surface area (Å²) in [7, 11) is -3.77. The molecule has 3 unspecified atom stereocenters. The maximum atomic E-state index is 13.4. The molecule has 0 spiro atoms. The second kappa shape index (κ2) is 6.61. The van der Waals surface area contributed by atoms with Gasteiger partial charge in [-0.15, -0.1) is 12.4 Å². The first-order valence-corrected chi connectivity index (χ1v) is 8.92. The van der Waals surface area contributed by atoms with Gasteiger partial charge in [0, 0.05) is 19.1 Å². The van der Waals surface area contributed by atoms with Crippen LogP contribution in [0.4, 0.5) is 4.39 Å². The van der Waals surface area contributed by atoms with E-state index in [2.05, 4.69) is 0 Å². The van der Waals surface area contributed by atoms with Gasteiger partial charge in [-0.05, 0) is 42.9 Å². The Morgan fingerprint density at radius 3 is 2.68 bits per heavy atom. The summed E-state index contributed by atoms with van der Waals surface area (Å²) in [5.41, 5.74) is 6.11. The van der Waals surface area contributed by atoms with Crippen LogP contribution in [0.5, 0.6) is 0 Å². The smallest absolute Gasteiger partial charge is 0.244 e. The summed E-state index contributed by atoms with van der Waals surface area (Å²) < 4.78 is 40.2. The lowest BCUT2D eigenvalue weighted by Crippen LogP contribution is -2.38. The number of fused-ring (bicyclic) bond motifs is 1. The Morgan fingerprint density at radius 2 is 2.00 bits per heavy atom. The van der Waals surface area contributed by atoms with E-state index in [1.54, 1.807) is 0 Å². The van der Waals surface area contributed by atoms with Crippen LogP contribution < -0.4 is 5.73 Å². The number of nitrogens with two attached hydrogens (primary N) is 1. The Kier molecular flexibility index (Phi) is 5.39. The molecule has 1 saturated carbocycles. The number of hydrogen-bond acceptors (Lipinski definition) is 3. The maximum Gasteiger partial charge on any atom is 0.244 e. The first kappa shape index (κ1) is 17.9. The quantitative estimate of drug-likeness (QED) is 0.872. The zero-order valence-electron chi connectivity index (χ0n) is 11.9. The fourth-order valence-corrected chi connectivity index (χ4v) is 5.51. The first-order chi connectivity index (χ1) is 9.89. The SMILES string of the molecule is Cl.NC1CCCC2CN(S(=O)(=O)c3cc(F)ccc3Cl)CC12. The van der Waals surface area contributed by atoms with E-state index in [9.17, 15) is 12.8 Å². The summed E-state index contributed by atoms with van der Waals surface area (Å²) >= 11 is 5.94. The van der Waals surface area contributed by atoms with E-state index in [0.717, 1.165) is 31.4 Å². The van der Waals surface area contributed by atoms with E-state index in [1.165, 1.54) is 10.4 Å². The lowest BCUT2D eigenvalue weighted by atomic mass is 9.78. The van der Waals surface area contributed by atoms with Crippen molar-refractivity contribution in [1.82, 2.24) is 4.31 Å². The Bertz CT molecular complexity index is 656. The van der Waals surface area contributed by atoms with Gasteiger partial charge in [0.15, 0.2) is 0 Å². The molecule has 0 amide bonds. The number of hydrogen-bond donors (Lipinski definition) is 1. The zero-order chi connectivity index (χ0) is 15.2. The molecule has 1 aromatic rings. The molecule has 1 aliphatic heterocycles. The molecule has 2 aliphatic rings. The van der Waals surface area contributed by atoms with Crippen molar-refractivity contribution in [3.63, 3.8) is 0 Å². The molecule has 3 rings (SSSR count). The Labute approximate surface area is 141 Å². The molecule has 1 aromatic carbocycles. The van der Waals surface area contributed by atoms with Crippen LogP contribution in [-0.2, 0) is 10.0 Å². The van der Waals surface area contributed by atoms with Gasteiger partial charge in [0.25, 0.3) is 0 Å². The van der Waals surface area contributed by atoms with E-state index in [0.29, 0.717) is 19.0 Å². The highest BCUT2D eigenvalue weighted by Crippen LogP contribution is 2.38. The summed E-state index contributed by atoms with van der Waals surface area (Å²) in [6.07, 6.45) is 2.98. The van der Waals surface area contributed by atoms with Gasteiger partial charge in [-0.1, -0.05) is 18.0 Å². The van der Waals surface area contributed by atoms with Crippen LogP contribution in [0.1, 0.15) is 19.3 Å². The van der Waals surface area contributed by atoms with Gasteiger partial charge in [-0.25, -0.2) is 12.8 Å². The number of sulfonamides is 1. The lowest BCUT2D eigenvalue weighted by molar-refractivity contribution is 0.260. The zero-order valence-corrected chi connectivity index (χ0v) is 14.3. The van der Waals surface area contributed by atoms with Crippen molar-refractivity contribution in [3.05, 3.63) is 29.0 Å². The molecule has 1 saturated heterocycles. The molecule has 8 heteroatoms. The molecule has 0 radical (unpaired) electrons. The Morgan fingerprint density at radius 1 is 1.27 bits per heavy atom. The summed E-state index contributed by atoms with van der Waals surface area (Å²) in [4.78, 5) is -0.156. The van der Waals surface area contributed by atoms with Gasteiger partial charge in [0.05, 0.1) is 5.02 Å². The van der Waals surface area contributed by atoms with E-state index >= 15 is 0 Å². The third-order valence-electron chi connectivity index (χ3n) is 4.63. The molecular weight excluding hydrogens is 350 g/mol. The highest BCUT2D eigenvalue weighted by molar-refractivity contribution is 7.89. The highest BCUT2D eigenvalue weighted by atomic mass is 35.5. The number of nitrogens with zero attached hydrogens (tertiary/aromatic N) is 1. The fraction of sp³-hybridized carbons (Fsp3) is 0.571. The van der Waals surface area contributed by atoms with Crippen molar-refractivity contribution >= 4 is 34.0 Å². The van der Waals surface area contributed by atoms with E-state index in [1.807, 2.05) is 0 Å². The number of benzene rings is 1. The molecule has 2 N–H and O–H groups in total. The molecule has 4 nitrogen and oxygen atoms in total. The Balaban J connectivity index is 0.00000176. The molecule has 1 aliphatic carbocycles. The standard InChI is InChI=1S/C14H18ClFN2O2S.ClH/c15-12-5-4-10(16)6-14(12)21(19,20)18-7-9-2-1-3-13(17)11(9)8-18;/h4-6,9,11,13H,1-3,7-8,17H2;1H. The Hall–Kier alpha value is -0.400. The van der Waals surface area contributed by atoms with Gasteiger partial charge >= 0.3 is 0 Å². The maximum absolute atomic E-state index is 13.4. The monoisotopic (exact) mass is 368 g/mol. The van der Waals surface area contributed by atoms with E-state index in [4.69, 9.17) is 17.3 Å². The van der Waals surface area contributed by atoms with Crippen LogP contribution in [-0.4, -0.2) is 31.9 Å². The number of halogens is 3. The van der Waals surface area contributed by atoms with Crippen LogP contribution in [0.25, 0.3) is 0 Å². The minimum Gasteiger partial charge on any atom is -0.327 e. The van der Waals surface area contributed by atoms with Gasteiger partial charge in [-0.3, -0.25) is 0 Å². The minimum absolute atomic E-state index is 0. The van der Waals surface area contributed by atoms with Gasteiger partial charge in [0.2, 0.25) is 10.0 Å². The number of rotatable bonds is 2. The van der Waals surface area contributed by atoms with Gasteiger partial charge in [-0.2, -0.15) is 4.31 Å². The fourth-order valence-electron chi connectivity index (χ4n) is 3.49. The summed E-state index contributed by atoms with van der Waals surface area (Å²) in [5.74, 6) is -0.108. The highest BCUT2D eigenvalue weighted by Gasteiger charge is 2.43. The van der Waals surface area contributed by atoms with Crippen LogP contribution in [0.2, 0.25) is 5.02 Å². The van der Waals surface area contributed by atoms with Gasteiger partial charge in [0.1, 0.15) is 10.7 Å². The van der Waals surface area contributed by atoms with Crippen LogP contribution in [0.3, 0.4) is 0 Å². The van der Waals surface area contributed by atoms with Crippen molar-refractivity contribution < 1.29 is 12.8 Å². The molecule has 124 valence electrons. The molecule has 3 atom stereocenters. The second-order valence-electron chi connectivity index (χ2n) is 5.92. The lowest BCUT2D eigenvalue weighted by Gasteiger charge is -2.29. The third-order valence-corrected chi connectivity index (χ3v) is 6.94. The molecule has 2 fully saturated rings. The van der Waals surface area contributed by atoms with Crippen LogP contribution in [0.15, 0.2) is 23.1 Å². The summed E-state index contributed by atoms with van der Waals surface area (Å²) in [5, 5.41) is 0.0515. The third kappa shape index (κ3) is 3.12. The molecule has 1 heterocycles. The van der Waals surface area contributed by atoms with Crippen molar-refractivity contribution in [2.24, 2.45) is 17.6 Å². The van der Waals surface area contributed by atoms with Crippen LogP contribution in [0, 0.1) is 17.7 Å². The van der Waals surface area contributed by atoms with E-state index in [-0.39, 0.29) is 34.3 Å². The molecule has 0 bridgehead atoms. The predicted octanol–water partition coefficient (Wildman–Crippen LogP) is 2.65. The van der Waals surface area contributed by atoms with Crippen LogP contribution >= 0.6 is 24.0 Å². The minimum atomic E-state index is -3.77. The molecule has 0 aromatic heterocycles. The largest absolute Gasteiger partial charge is 0.327 e. The molecule has 22 heavy (non-hydrogen) atoms. The second-order valence-corrected chi connectivity index (χ2v) is 8.23. The summed E-state index contributed by atoms with van der Waals surface area (Å²) in [6, 6.07) is 3.46. The normalized spacial score (nSPS) is 29.0. The van der Waals surface area contributed by atoms with Crippen molar-refractivity contribution in [2.75, 3.05) is 13.1 Å². The van der Waals surface area contributed by atoms with Gasteiger partial charge < -0.3 is 5.73 Å². The van der Waals surface area contributed by atoms with Crippen molar-refractivity contribution in [1.29, 1.82) is 0 Å². The predicted molar refractivity (Wildman–Crippen MR) is 86.2 cm³/mol. The van der Waals surface area contributed by atoms with Crippen molar-refractivity contribution in [2.45, 2.75) is 30.2 Å². The van der Waals surface area contributed by atoms with Crippen molar-refractivity contribution in [3.8, 4) is 0 Å².